The molecule has 0 saturated carbocycles. The van der Waals surface area contributed by atoms with Crippen LogP contribution in [-0.4, -0.2) is 23.4 Å². The van der Waals surface area contributed by atoms with Crippen molar-refractivity contribution in [3.63, 3.8) is 0 Å². The van der Waals surface area contributed by atoms with Crippen molar-refractivity contribution in [2.45, 2.75) is 6.92 Å². The zero-order valence-corrected chi connectivity index (χ0v) is 6.59. The molecule has 2 rings (SSSR count). The van der Waals surface area contributed by atoms with Crippen LogP contribution in [0.4, 0.5) is 0 Å². The van der Waals surface area contributed by atoms with E-state index in [1.54, 1.807) is 12.3 Å². The summed E-state index contributed by atoms with van der Waals surface area (Å²) in [6.45, 7) is 1.82. The maximum atomic E-state index is 11.1. The summed E-state index contributed by atoms with van der Waals surface area (Å²) >= 11 is 0. The fraction of sp³-hybridized carbons (Fsp3) is 0.143. The Kier molecular flexibility index (Phi) is 2.04. The first kappa shape index (κ1) is 8.58. The SMILES string of the molecule is Cc1nc2c(=O)[nH]ccc2[nH]1.[B]. The van der Waals surface area contributed by atoms with Gasteiger partial charge in [-0.15, -0.1) is 0 Å². The molecule has 0 saturated heterocycles. The van der Waals surface area contributed by atoms with E-state index in [0.29, 0.717) is 5.52 Å². The van der Waals surface area contributed by atoms with Gasteiger partial charge in [0.15, 0.2) is 5.52 Å². The number of imidazole rings is 1. The third-order valence-corrected chi connectivity index (χ3v) is 1.53. The van der Waals surface area contributed by atoms with E-state index < -0.39 is 0 Å². The smallest absolute Gasteiger partial charge is 0.276 e. The van der Waals surface area contributed by atoms with Crippen LogP contribution in [-0.2, 0) is 0 Å². The molecule has 2 heterocycles. The first-order valence-electron chi connectivity index (χ1n) is 3.31. The Morgan fingerprint density at radius 3 is 2.92 bits per heavy atom. The Balaban J connectivity index is 0.000000720. The Bertz CT molecular complexity index is 445. The molecule has 0 unspecified atom stereocenters. The highest BCUT2D eigenvalue weighted by Crippen LogP contribution is 2.02. The van der Waals surface area contributed by atoms with Crippen molar-refractivity contribution >= 4 is 19.4 Å². The van der Waals surface area contributed by atoms with Crippen LogP contribution in [0, 0.1) is 6.92 Å². The number of aromatic amines is 2. The fourth-order valence-electron chi connectivity index (χ4n) is 1.07. The number of rotatable bonds is 0. The molecule has 0 aliphatic rings. The quantitative estimate of drug-likeness (QED) is 0.540. The number of H-pyrrole nitrogens is 2. The molecule has 3 radical (unpaired) electrons. The van der Waals surface area contributed by atoms with Crippen molar-refractivity contribution in [2.75, 3.05) is 0 Å². The van der Waals surface area contributed by atoms with Gasteiger partial charge in [-0.2, -0.15) is 0 Å². The van der Waals surface area contributed by atoms with Gasteiger partial charge in [-0.3, -0.25) is 4.79 Å². The Morgan fingerprint density at radius 1 is 1.50 bits per heavy atom. The highest BCUT2D eigenvalue weighted by molar-refractivity contribution is 5.75. The summed E-state index contributed by atoms with van der Waals surface area (Å²) in [6.07, 6.45) is 1.60. The van der Waals surface area contributed by atoms with Gasteiger partial charge in [0.2, 0.25) is 0 Å². The molecule has 0 bridgehead atoms. The highest BCUT2D eigenvalue weighted by Gasteiger charge is 2.00. The molecule has 12 heavy (non-hydrogen) atoms. The predicted octanol–water partition coefficient (Wildman–Crippen LogP) is 0.179. The molecule has 0 atom stereocenters. The van der Waals surface area contributed by atoms with Crippen LogP contribution >= 0.6 is 0 Å². The van der Waals surface area contributed by atoms with Crippen LogP contribution in [0.3, 0.4) is 0 Å². The lowest BCUT2D eigenvalue weighted by Gasteiger charge is -1.82. The molecule has 0 amide bonds. The molecule has 4 nitrogen and oxygen atoms in total. The van der Waals surface area contributed by atoms with E-state index in [1.807, 2.05) is 6.92 Å². The molecule has 2 aromatic heterocycles. The molecule has 0 aliphatic carbocycles. The zero-order valence-electron chi connectivity index (χ0n) is 6.59. The Hall–Kier alpha value is -1.52. The molecule has 0 fully saturated rings. The largest absolute Gasteiger partial charge is 0.342 e. The van der Waals surface area contributed by atoms with Gasteiger partial charge in [0.1, 0.15) is 5.82 Å². The van der Waals surface area contributed by atoms with Crippen LogP contribution < -0.4 is 5.56 Å². The second-order valence-corrected chi connectivity index (χ2v) is 2.39. The zero-order chi connectivity index (χ0) is 7.84. The second kappa shape index (κ2) is 2.85. The van der Waals surface area contributed by atoms with Crippen LogP contribution in [0.15, 0.2) is 17.1 Å². The number of pyridine rings is 1. The number of aromatic nitrogens is 3. The number of nitrogens with one attached hydrogen (secondary N) is 2. The summed E-state index contributed by atoms with van der Waals surface area (Å²) in [5.41, 5.74) is 1.11. The maximum absolute atomic E-state index is 11.1. The van der Waals surface area contributed by atoms with Crippen LogP contribution in [0.1, 0.15) is 5.82 Å². The van der Waals surface area contributed by atoms with Crippen molar-refractivity contribution in [3.8, 4) is 0 Å². The molecular formula is C7H7BN3O. The number of hydrogen-bond donors (Lipinski definition) is 2. The molecular weight excluding hydrogens is 153 g/mol. The second-order valence-electron chi connectivity index (χ2n) is 2.39. The first-order chi connectivity index (χ1) is 5.27. The average Bonchev–Trinajstić information content (AvgIpc) is 2.31. The Morgan fingerprint density at radius 2 is 2.25 bits per heavy atom. The Labute approximate surface area is 70.6 Å². The van der Waals surface area contributed by atoms with E-state index in [0.717, 1.165) is 11.3 Å². The molecule has 5 heteroatoms. The molecule has 0 aliphatic heterocycles. The summed E-state index contributed by atoms with van der Waals surface area (Å²) in [4.78, 5) is 20.6. The van der Waals surface area contributed by atoms with Crippen molar-refractivity contribution in [1.29, 1.82) is 0 Å². The summed E-state index contributed by atoms with van der Waals surface area (Å²) < 4.78 is 0. The predicted molar refractivity (Wildman–Crippen MR) is 47.2 cm³/mol. The van der Waals surface area contributed by atoms with E-state index in [9.17, 15) is 4.79 Å². The van der Waals surface area contributed by atoms with E-state index in [4.69, 9.17) is 0 Å². The van der Waals surface area contributed by atoms with Gasteiger partial charge in [0, 0.05) is 14.6 Å². The lowest BCUT2D eigenvalue weighted by molar-refractivity contribution is 1.16. The topological polar surface area (TPSA) is 61.5 Å². The molecule has 2 aromatic rings. The van der Waals surface area contributed by atoms with Crippen molar-refractivity contribution in [1.82, 2.24) is 15.0 Å². The fourth-order valence-corrected chi connectivity index (χ4v) is 1.07. The van der Waals surface area contributed by atoms with E-state index >= 15 is 0 Å². The van der Waals surface area contributed by atoms with Gasteiger partial charge < -0.3 is 9.97 Å². The van der Waals surface area contributed by atoms with Crippen molar-refractivity contribution in [3.05, 3.63) is 28.4 Å². The third-order valence-electron chi connectivity index (χ3n) is 1.53. The first-order valence-corrected chi connectivity index (χ1v) is 3.31. The summed E-state index contributed by atoms with van der Waals surface area (Å²) in [7, 11) is 0. The standard InChI is InChI=1S/C7H7N3O.B/c1-4-9-5-2-3-8-7(11)6(5)10-4;/h2-3H,1H3,(H,8,11)(H,9,10);. The third kappa shape index (κ3) is 1.13. The normalized spacial score (nSPS) is 9.75. The number of nitrogens with zero attached hydrogens (tertiary/aromatic N) is 1. The van der Waals surface area contributed by atoms with Gasteiger partial charge in [0.25, 0.3) is 5.56 Å². The van der Waals surface area contributed by atoms with Gasteiger partial charge in [-0.05, 0) is 13.0 Å². The van der Waals surface area contributed by atoms with Crippen LogP contribution in [0.25, 0.3) is 11.0 Å². The maximum Gasteiger partial charge on any atom is 0.276 e. The number of aryl methyl sites for hydroxylation is 1. The van der Waals surface area contributed by atoms with Gasteiger partial charge in [0.05, 0.1) is 5.52 Å². The minimum atomic E-state index is -0.146. The molecule has 0 spiro atoms. The summed E-state index contributed by atoms with van der Waals surface area (Å²) in [6, 6.07) is 1.79. The van der Waals surface area contributed by atoms with E-state index in [2.05, 4.69) is 15.0 Å². The monoisotopic (exact) mass is 160 g/mol. The molecule has 2 N–H and O–H groups in total. The molecule has 0 aromatic carbocycles. The van der Waals surface area contributed by atoms with Crippen molar-refractivity contribution in [2.24, 2.45) is 0 Å². The minimum Gasteiger partial charge on any atom is -0.342 e. The lowest BCUT2D eigenvalue weighted by atomic mass is 10.4. The summed E-state index contributed by atoms with van der Waals surface area (Å²) in [5.74, 6) is 0.761. The highest BCUT2D eigenvalue weighted by atomic mass is 16.1. The number of fused-ring (bicyclic) bond motifs is 1. The molecule has 59 valence electrons. The van der Waals surface area contributed by atoms with Gasteiger partial charge >= 0.3 is 0 Å². The van der Waals surface area contributed by atoms with E-state index in [1.165, 1.54) is 0 Å². The van der Waals surface area contributed by atoms with Gasteiger partial charge in [-0.25, -0.2) is 4.98 Å². The van der Waals surface area contributed by atoms with Crippen molar-refractivity contribution < 1.29 is 0 Å². The number of hydrogen-bond acceptors (Lipinski definition) is 2. The van der Waals surface area contributed by atoms with Gasteiger partial charge in [-0.1, -0.05) is 0 Å². The van der Waals surface area contributed by atoms with Crippen LogP contribution in [0.2, 0.25) is 0 Å². The minimum absolute atomic E-state index is 0. The summed E-state index contributed by atoms with van der Waals surface area (Å²) in [5, 5.41) is 0. The van der Waals surface area contributed by atoms with Crippen LogP contribution in [0.5, 0.6) is 0 Å². The van der Waals surface area contributed by atoms with E-state index in [-0.39, 0.29) is 14.0 Å². The average molecular weight is 160 g/mol. The lowest BCUT2D eigenvalue weighted by Crippen LogP contribution is -2.03.